The lowest BCUT2D eigenvalue weighted by molar-refractivity contribution is -0.130. The molecule has 2 amide bonds. The minimum absolute atomic E-state index is 0.0943. The highest BCUT2D eigenvalue weighted by molar-refractivity contribution is 5.92. The minimum Gasteiger partial charge on any atom is -0.361 e. The first-order valence-corrected chi connectivity index (χ1v) is 11.5. The van der Waals surface area contributed by atoms with Crippen LogP contribution >= 0.6 is 0 Å². The van der Waals surface area contributed by atoms with Crippen molar-refractivity contribution in [3.8, 4) is 0 Å². The van der Waals surface area contributed by atoms with E-state index in [9.17, 15) is 9.59 Å². The van der Waals surface area contributed by atoms with Gasteiger partial charge in [-0.1, -0.05) is 24.2 Å². The average molecular weight is 447 g/mol. The first-order valence-electron chi connectivity index (χ1n) is 11.5. The van der Waals surface area contributed by atoms with E-state index in [1.54, 1.807) is 15.9 Å². The van der Waals surface area contributed by atoms with Crippen LogP contribution in [-0.2, 0) is 24.2 Å². The lowest BCUT2D eigenvalue weighted by Crippen LogP contribution is -2.48. The summed E-state index contributed by atoms with van der Waals surface area (Å²) in [5.74, 6) is 2.28. The molecular weight excluding hydrogens is 412 g/mol. The van der Waals surface area contributed by atoms with Gasteiger partial charge in [-0.2, -0.15) is 4.98 Å². The Hall–Kier alpha value is -2.75. The molecule has 0 atom stereocenters. The Morgan fingerprint density at radius 3 is 2.47 bits per heavy atom. The van der Waals surface area contributed by atoms with Crippen molar-refractivity contribution in [2.24, 2.45) is 5.92 Å². The Labute approximate surface area is 188 Å². The SMILES string of the molecule is CCN(CC)C(=O)CCc1nc(CN2CCN(C(=O)c3cc(CC(C)C)on3)CC2)no1. The van der Waals surface area contributed by atoms with Crippen LogP contribution in [0.15, 0.2) is 15.1 Å². The number of aromatic nitrogens is 3. The molecule has 0 aromatic carbocycles. The highest BCUT2D eigenvalue weighted by atomic mass is 16.5. The van der Waals surface area contributed by atoms with Crippen LogP contribution in [0.4, 0.5) is 0 Å². The molecular formula is C22H34N6O4. The van der Waals surface area contributed by atoms with E-state index in [-0.39, 0.29) is 11.8 Å². The molecule has 176 valence electrons. The average Bonchev–Trinajstić information content (AvgIpc) is 3.42. The van der Waals surface area contributed by atoms with Gasteiger partial charge in [0.05, 0.1) is 6.54 Å². The molecule has 1 aliphatic heterocycles. The van der Waals surface area contributed by atoms with Crippen molar-refractivity contribution in [2.45, 2.75) is 53.5 Å². The van der Waals surface area contributed by atoms with Crippen LogP contribution < -0.4 is 0 Å². The second-order valence-electron chi connectivity index (χ2n) is 8.52. The van der Waals surface area contributed by atoms with Crippen LogP contribution in [0.25, 0.3) is 0 Å². The van der Waals surface area contributed by atoms with Crippen molar-refractivity contribution < 1.29 is 18.6 Å². The number of rotatable bonds is 10. The van der Waals surface area contributed by atoms with Crippen LogP contribution in [0.1, 0.15) is 62.1 Å². The molecule has 2 aromatic rings. The Morgan fingerprint density at radius 1 is 1.09 bits per heavy atom. The number of nitrogens with zero attached hydrogens (tertiary/aromatic N) is 6. The van der Waals surface area contributed by atoms with Gasteiger partial charge in [-0.25, -0.2) is 0 Å². The quantitative estimate of drug-likeness (QED) is 0.545. The molecule has 0 N–H and O–H groups in total. The van der Waals surface area contributed by atoms with Gasteiger partial charge in [-0.05, 0) is 19.8 Å². The maximum atomic E-state index is 12.7. The van der Waals surface area contributed by atoms with Crippen molar-refractivity contribution in [1.82, 2.24) is 30.0 Å². The summed E-state index contributed by atoms with van der Waals surface area (Å²) in [7, 11) is 0. The zero-order valence-corrected chi connectivity index (χ0v) is 19.5. The van der Waals surface area contributed by atoms with E-state index >= 15 is 0 Å². The summed E-state index contributed by atoms with van der Waals surface area (Å²) >= 11 is 0. The number of carbonyl (C=O) groups is 2. The molecule has 0 radical (unpaired) electrons. The Morgan fingerprint density at radius 2 is 1.81 bits per heavy atom. The number of hydrogen-bond donors (Lipinski definition) is 0. The molecule has 1 fully saturated rings. The van der Waals surface area contributed by atoms with Crippen LogP contribution in [0.5, 0.6) is 0 Å². The largest absolute Gasteiger partial charge is 0.361 e. The molecule has 1 aliphatic rings. The van der Waals surface area contributed by atoms with Gasteiger partial charge in [0.1, 0.15) is 5.76 Å². The molecule has 0 spiro atoms. The van der Waals surface area contributed by atoms with Crippen molar-refractivity contribution in [3.05, 3.63) is 29.2 Å². The standard InChI is InChI=1S/C22H34N6O4/c1-5-27(6-2)21(29)8-7-20-23-19(25-32-20)15-26-9-11-28(12-10-26)22(30)18-14-17(31-24-18)13-16(3)4/h14,16H,5-13,15H2,1-4H3. The predicted molar refractivity (Wildman–Crippen MR) is 117 cm³/mol. The van der Waals surface area contributed by atoms with Crippen LogP contribution in [0.3, 0.4) is 0 Å². The van der Waals surface area contributed by atoms with Crippen molar-refractivity contribution in [2.75, 3.05) is 39.3 Å². The number of aryl methyl sites for hydroxylation is 1. The van der Waals surface area contributed by atoms with Crippen molar-refractivity contribution in [1.29, 1.82) is 0 Å². The van der Waals surface area contributed by atoms with Gasteiger partial charge in [0, 0.05) is 64.6 Å². The minimum atomic E-state index is -0.0943. The molecule has 10 heteroatoms. The Kier molecular flexibility index (Phi) is 8.38. The molecule has 0 unspecified atom stereocenters. The molecule has 10 nitrogen and oxygen atoms in total. The smallest absolute Gasteiger partial charge is 0.276 e. The maximum Gasteiger partial charge on any atom is 0.276 e. The van der Waals surface area contributed by atoms with Gasteiger partial charge < -0.3 is 18.8 Å². The number of piperazine rings is 1. The van der Waals surface area contributed by atoms with E-state index in [0.717, 1.165) is 12.2 Å². The third kappa shape index (κ3) is 6.38. The fourth-order valence-electron chi connectivity index (χ4n) is 3.79. The van der Waals surface area contributed by atoms with E-state index < -0.39 is 0 Å². The van der Waals surface area contributed by atoms with Gasteiger partial charge >= 0.3 is 0 Å². The van der Waals surface area contributed by atoms with Gasteiger partial charge in [-0.3, -0.25) is 14.5 Å². The summed E-state index contributed by atoms with van der Waals surface area (Å²) in [6.07, 6.45) is 1.58. The van der Waals surface area contributed by atoms with Gasteiger partial charge in [0.25, 0.3) is 5.91 Å². The topological polar surface area (TPSA) is 109 Å². The summed E-state index contributed by atoms with van der Waals surface area (Å²) in [4.78, 5) is 35.0. The lowest BCUT2D eigenvalue weighted by atomic mass is 10.1. The summed E-state index contributed by atoms with van der Waals surface area (Å²) < 4.78 is 10.6. The monoisotopic (exact) mass is 446 g/mol. The zero-order valence-electron chi connectivity index (χ0n) is 19.5. The second kappa shape index (κ2) is 11.2. The molecule has 1 saturated heterocycles. The highest BCUT2D eigenvalue weighted by Gasteiger charge is 2.25. The van der Waals surface area contributed by atoms with E-state index in [0.29, 0.717) is 82.0 Å². The first-order chi connectivity index (χ1) is 15.4. The third-order valence-electron chi connectivity index (χ3n) is 5.59. The molecule has 0 bridgehead atoms. The molecule has 0 saturated carbocycles. The van der Waals surface area contributed by atoms with E-state index in [1.807, 2.05) is 13.8 Å². The fraction of sp³-hybridized carbons (Fsp3) is 0.682. The maximum absolute atomic E-state index is 12.7. The molecule has 32 heavy (non-hydrogen) atoms. The highest BCUT2D eigenvalue weighted by Crippen LogP contribution is 2.14. The molecule has 3 heterocycles. The van der Waals surface area contributed by atoms with Crippen molar-refractivity contribution in [3.63, 3.8) is 0 Å². The Balaban J connectivity index is 1.44. The number of carbonyl (C=O) groups excluding carboxylic acids is 2. The second-order valence-corrected chi connectivity index (χ2v) is 8.52. The fourth-order valence-corrected chi connectivity index (χ4v) is 3.79. The Bertz CT molecular complexity index is 881. The summed E-state index contributed by atoms with van der Waals surface area (Å²) in [5.41, 5.74) is 0.371. The summed E-state index contributed by atoms with van der Waals surface area (Å²) in [6.45, 7) is 12.7. The normalized spacial score (nSPS) is 14.8. The lowest BCUT2D eigenvalue weighted by Gasteiger charge is -2.33. The zero-order chi connectivity index (χ0) is 23.1. The van der Waals surface area contributed by atoms with Gasteiger partial charge in [-0.15, -0.1) is 0 Å². The van der Waals surface area contributed by atoms with Crippen LogP contribution in [0.2, 0.25) is 0 Å². The molecule has 2 aromatic heterocycles. The molecule has 0 aliphatic carbocycles. The van der Waals surface area contributed by atoms with E-state index in [1.165, 1.54) is 0 Å². The van der Waals surface area contributed by atoms with Crippen LogP contribution in [0, 0.1) is 5.92 Å². The van der Waals surface area contributed by atoms with Crippen molar-refractivity contribution >= 4 is 11.8 Å². The summed E-state index contributed by atoms with van der Waals surface area (Å²) in [6, 6.07) is 1.75. The first kappa shape index (κ1) is 23.9. The predicted octanol–water partition coefficient (Wildman–Crippen LogP) is 2.02. The van der Waals surface area contributed by atoms with Gasteiger partial charge in [0.2, 0.25) is 11.8 Å². The number of hydrogen-bond acceptors (Lipinski definition) is 8. The van der Waals surface area contributed by atoms with E-state index in [4.69, 9.17) is 9.05 Å². The number of amides is 2. The summed E-state index contributed by atoms with van der Waals surface area (Å²) in [5, 5.41) is 7.99. The van der Waals surface area contributed by atoms with Gasteiger partial charge in [0.15, 0.2) is 11.5 Å². The van der Waals surface area contributed by atoms with Crippen LogP contribution in [-0.4, -0.2) is 81.1 Å². The third-order valence-corrected chi connectivity index (χ3v) is 5.59. The van der Waals surface area contributed by atoms with E-state index in [2.05, 4.69) is 34.0 Å². The molecule has 3 rings (SSSR count).